The highest BCUT2D eigenvalue weighted by molar-refractivity contribution is 6.50. The van der Waals surface area contributed by atoms with Gasteiger partial charge in [0.15, 0.2) is 0 Å². The minimum atomic E-state index is -0.368. The van der Waals surface area contributed by atoms with E-state index in [-0.39, 0.29) is 11.8 Å². The molecule has 5 heteroatoms. The molecule has 5 rings (SSSR count). The quantitative estimate of drug-likeness (QED) is 0.494. The Morgan fingerprint density at radius 1 is 0.720 bits per heavy atom. The Kier molecular flexibility index (Phi) is 2.73. The molecular formula is C20H13N3O2. The Hall–Kier alpha value is -3.60. The second kappa shape index (κ2) is 4.95. The third-order valence-corrected chi connectivity index (χ3v) is 4.65. The van der Waals surface area contributed by atoms with Crippen molar-refractivity contribution in [2.75, 3.05) is 0 Å². The van der Waals surface area contributed by atoms with Crippen molar-refractivity contribution in [3.63, 3.8) is 0 Å². The lowest BCUT2D eigenvalue weighted by Gasteiger charge is -2.05. The van der Waals surface area contributed by atoms with Crippen LogP contribution in [-0.4, -0.2) is 21.8 Å². The van der Waals surface area contributed by atoms with Gasteiger partial charge in [-0.25, -0.2) is 0 Å². The number of nitrogens with one attached hydrogen (secondary N) is 3. The van der Waals surface area contributed by atoms with E-state index in [1.54, 1.807) is 6.20 Å². The van der Waals surface area contributed by atoms with Crippen LogP contribution in [0.1, 0.15) is 11.1 Å². The molecule has 5 nitrogen and oxygen atoms in total. The summed E-state index contributed by atoms with van der Waals surface area (Å²) in [7, 11) is 0. The fourth-order valence-electron chi connectivity index (χ4n) is 3.54. The van der Waals surface area contributed by atoms with Gasteiger partial charge in [0.1, 0.15) is 0 Å². The first-order chi connectivity index (χ1) is 12.2. The van der Waals surface area contributed by atoms with E-state index in [4.69, 9.17) is 0 Å². The fraction of sp³-hybridized carbons (Fsp3) is 0. The Bertz CT molecular complexity index is 1210. The SMILES string of the molecule is O=C1NC(=O)C(c2cccc3cc[nH]c23)=C1c1c[nH]c2ccccc12. The topological polar surface area (TPSA) is 77.8 Å². The van der Waals surface area contributed by atoms with Gasteiger partial charge in [0.25, 0.3) is 11.8 Å². The smallest absolute Gasteiger partial charge is 0.259 e. The molecule has 3 heterocycles. The molecule has 120 valence electrons. The number of H-pyrrole nitrogens is 2. The van der Waals surface area contributed by atoms with Crippen molar-refractivity contribution >= 4 is 44.8 Å². The Labute approximate surface area is 142 Å². The number of imide groups is 1. The van der Waals surface area contributed by atoms with Gasteiger partial charge in [0.05, 0.1) is 16.7 Å². The van der Waals surface area contributed by atoms with Crippen LogP contribution in [0.5, 0.6) is 0 Å². The summed E-state index contributed by atoms with van der Waals surface area (Å²) in [6, 6.07) is 15.4. The summed E-state index contributed by atoms with van der Waals surface area (Å²) in [5, 5.41) is 4.36. The zero-order valence-electron chi connectivity index (χ0n) is 13.1. The lowest BCUT2D eigenvalue weighted by Crippen LogP contribution is -2.22. The highest BCUT2D eigenvalue weighted by atomic mass is 16.2. The lowest BCUT2D eigenvalue weighted by molar-refractivity contribution is -0.122. The van der Waals surface area contributed by atoms with Gasteiger partial charge >= 0.3 is 0 Å². The van der Waals surface area contributed by atoms with Gasteiger partial charge in [0, 0.05) is 34.4 Å². The van der Waals surface area contributed by atoms with E-state index in [9.17, 15) is 9.59 Å². The number of rotatable bonds is 2. The van der Waals surface area contributed by atoms with Gasteiger partial charge in [-0.15, -0.1) is 0 Å². The van der Waals surface area contributed by atoms with Crippen LogP contribution in [0.3, 0.4) is 0 Å². The number of hydrogen-bond acceptors (Lipinski definition) is 2. The van der Waals surface area contributed by atoms with Crippen LogP contribution in [0.4, 0.5) is 0 Å². The summed E-state index contributed by atoms with van der Waals surface area (Å²) in [6.45, 7) is 0. The number of hydrogen-bond donors (Lipinski definition) is 3. The monoisotopic (exact) mass is 327 g/mol. The number of amides is 2. The molecule has 0 bridgehead atoms. The molecule has 25 heavy (non-hydrogen) atoms. The van der Waals surface area contributed by atoms with E-state index in [1.165, 1.54) is 0 Å². The molecule has 0 spiro atoms. The van der Waals surface area contributed by atoms with Gasteiger partial charge in [-0.1, -0.05) is 36.4 Å². The minimum Gasteiger partial charge on any atom is -0.361 e. The van der Waals surface area contributed by atoms with Crippen molar-refractivity contribution in [1.29, 1.82) is 0 Å². The van der Waals surface area contributed by atoms with Crippen molar-refractivity contribution in [1.82, 2.24) is 15.3 Å². The Morgan fingerprint density at radius 3 is 2.40 bits per heavy atom. The number of fused-ring (bicyclic) bond motifs is 2. The van der Waals surface area contributed by atoms with E-state index in [0.717, 1.165) is 32.9 Å². The number of aromatic nitrogens is 2. The van der Waals surface area contributed by atoms with Crippen LogP contribution >= 0.6 is 0 Å². The molecule has 0 aliphatic carbocycles. The summed E-state index contributed by atoms with van der Waals surface area (Å²) < 4.78 is 0. The van der Waals surface area contributed by atoms with E-state index >= 15 is 0 Å². The van der Waals surface area contributed by atoms with Crippen LogP contribution in [0.25, 0.3) is 33.0 Å². The summed E-state index contributed by atoms with van der Waals surface area (Å²) >= 11 is 0. The van der Waals surface area contributed by atoms with E-state index in [0.29, 0.717) is 11.1 Å². The molecule has 2 aromatic carbocycles. The summed E-state index contributed by atoms with van der Waals surface area (Å²) in [6.07, 6.45) is 3.61. The van der Waals surface area contributed by atoms with Crippen LogP contribution in [0.2, 0.25) is 0 Å². The summed E-state index contributed by atoms with van der Waals surface area (Å²) in [5.74, 6) is -0.735. The normalized spacial score (nSPS) is 14.7. The van der Waals surface area contributed by atoms with Crippen molar-refractivity contribution in [2.45, 2.75) is 0 Å². The number of aromatic amines is 2. The van der Waals surface area contributed by atoms with Crippen LogP contribution in [-0.2, 0) is 9.59 Å². The molecule has 0 saturated heterocycles. The van der Waals surface area contributed by atoms with Gasteiger partial charge in [-0.3, -0.25) is 14.9 Å². The standard InChI is InChI=1S/C20H13N3O2/c24-19-16(13-6-3-4-11-8-9-21-18(11)13)17(20(25)23-19)14-10-22-15-7-2-1-5-12(14)15/h1-10,21-22H,(H,23,24,25). The lowest BCUT2D eigenvalue weighted by atomic mass is 9.95. The van der Waals surface area contributed by atoms with Gasteiger partial charge in [-0.2, -0.15) is 0 Å². The molecule has 0 unspecified atom stereocenters. The third kappa shape index (κ3) is 1.89. The molecular weight excluding hydrogens is 314 g/mol. The van der Waals surface area contributed by atoms with Crippen LogP contribution < -0.4 is 5.32 Å². The molecule has 1 aliphatic rings. The molecule has 0 fully saturated rings. The highest BCUT2D eigenvalue weighted by Gasteiger charge is 2.34. The average molecular weight is 327 g/mol. The van der Waals surface area contributed by atoms with Crippen molar-refractivity contribution in [2.24, 2.45) is 0 Å². The van der Waals surface area contributed by atoms with Crippen molar-refractivity contribution < 1.29 is 9.59 Å². The second-order valence-corrected chi connectivity index (χ2v) is 6.03. The summed E-state index contributed by atoms with van der Waals surface area (Å²) in [5.41, 5.74) is 4.05. The predicted octanol–water partition coefficient (Wildman–Crippen LogP) is 3.22. The first kappa shape index (κ1) is 13.8. The summed E-state index contributed by atoms with van der Waals surface area (Å²) in [4.78, 5) is 31.5. The zero-order chi connectivity index (χ0) is 17.0. The minimum absolute atomic E-state index is 0.367. The van der Waals surface area contributed by atoms with Gasteiger partial charge in [-0.05, 0) is 17.5 Å². The molecule has 1 aliphatic heterocycles. The second-order valence-electron chi connectivity index (χ2n) is 6.03. The first-order valence-electron chi connectivity index (χ1n) is 7.97. The van der Waals surface area contributed by atoms with Crippen LogP contribution in [0.15, 0.2) is 60.9 Å². The van der Waals surface area contributed by atoms with E-state index in [1.807, 2.05) is 54.7 Å². The molecule has 3 N–H and O–H groups in total. The molecule has 2 amide bonds. The van der Waals surface area contributed by atoms with E-state index < -0.39 is 0 Å². The molecule has 2 aromatic heterocycles. The highest BCUT2D eigenvalue weighted by Crippen LogP contribution is 2.36. The maximum atomic E-state index is 12.6. The number of carbonyl (C=O) groups is 2. The maximum absolute atomic E-state index is 12.6. The van der Waals surface area contributed by atoms with Crippen molar-refractivity contribution in [3.8, 4) is 0 Å². The number of carbonyl (C=O) groups excluding carboxylic acids is 2. The van der Waals surface area contributed by atoms with Gasteiger partial charge in [0.2, 0.25) is 0 Å². The van der Waals surface area contributed by atoms with Crippen molar-refractivity contribution in [3.05, 3.63) is 72.1 Å². The number of para-hydroxylation sites is 2. The first-order valence-corrected chi connectivity index (χ1v) is 7.97. The molecule has 0 atom stereocenters. The fourth-order valence-corrected chi connectivity index (χ4v) is 3.54. The van der Waals surface area contributed by atoms with E-state index in [2.05, 4.69) is 15.3 Å². The molecule has 0 radical (unpaired) electrons. The Morgan fingerprint density at radius 2 is 1.52 bits per heavy atom. The van der Waals surface area contributed by atoms with Crippen LogP contribution in [0, 0.1) is 0 Å². The van der Waals surface area contributed by atoms with Gasteiger partial charge < -0.3 is 9.97 Å². The molecule has 4 aromatic rings. The average Bonchev–Trinajstić information content (AvgIpc) is 3.31. The zero-order valence-corrected chi connectivity index (χ0v) is 13.1. The third-order valence-electron chi connectivity index (χ3n) is 4.65. The Balaban J connectivity index is 1.87. The maximum Gasteiger partial charge on any atom is 0.259 e. The predicted molar refractivity (Wildman–Crippen MR) is 96.6 cm³/mol. The molecule has 0 saturated carbocycles. The number of benzene rings is 2. The largest absolute Gasteiger partial charge is 0.361 e.